The van der Waals surface area contributed by atoms with E-state index < -0.39 is 5.97 Å². The summed E-state index contributed by atoms with van der Waals surface area (Å²) < 4.78 is 21.4. The van der Waals surface area contributed by atoms with Gasteiger partial charge in [-0.3, -0.25) is 14.4 Å². The van der Waals surface area contributed by atoms with E-state index >= 15 is 0 Å². The molecule has 0 saturated heterocycles. The first-order valence-corrected chi connectivity index (χ1v) is 10.9. The molecule has 0 aliphatic carbocycles. The van der Waals surface area contributed by atoms with E-state index in [1.807, 2.05) is 0 Å². The Morgan fingerprint density at radius 1 is 0.889 bits per heavy atom. The molecule has 182 valence electrons. The molecule has 1 aromatic heterocycles. The number of amides is 1. The van der Waals surface area contributed by atoms with Crippen LogP contribution in [0.3, 0.4) is 0 Å². The van der Waals surface area contributed by atoms with Crippen LogP contribution in [0.25, 0.3) is 28.4 Å². The zero-order valence-corrected chi connectivity index (χ0v) is 19.9. The normalized spacial score (nSPS) is 10.9. The molecule has 1 heterocycles. The molecule has 0 aliphatic heterocycles. The number of methoxy groups -OCH3 is 2. The van der Waals surface area contributed by atoms with Crippen LogP contribution >= 0.6 is 0 Å². The minimum atomic E-state index is -0.453. The maximum Gasteiger partial charge on any atom is 0.308 e. The summed E-state index contributed by atoms with van der Waals surface area (Å²) in [5.74, 6) is 0.885. The molecule has 8 heteroatoms. The molecule has 0 fully saturated rings. The first-order chi connectivity index (χ1) is 17.4. The average Bonchev–Trinajstić information content (AvgIpc) is 2.88. The Morgan fingerprint density at radius 2 is 1.67 bits per heavy atom. The number of hydrogen-bond acceptors (Lipinski definition) is 7. The van der Waals surface area contributed by atoms with Crippen molar-refractivity contribution >= 4 is 34.6 Å². The van der Waals surface area contributed by atoms with E-state index in [1.165, 1.54) is 33.3 Å². The lowest BCUT2D eigenvalue weighted by Crippen LogP contribution is -2.07. The highest BCUT2D eigenvalue weighted by molar-refractivity contribution is 6.02. The molecule has 0 radical (unpaired) electrons. The monoisotopic (exact) mass is 485 g/mol. The second-order valence-corrected chi connectivity index (χ2v) is 7.74. The van der Waals surface area contributed by atoms with Crippen molar-refractivity contribution in [3.63, 3.8) is 0 Å². The van der Waals surface area contributed by atoms with E-state index in [1.54, 1.807) is 66.7 Å². The van der Waals surface area contributed by atoms with Crippen molar-refractivity contribution in [3.05, 3.63) is 88.6 Å². The van der Waals surface area contributed by atoms with E-state index in [2.05, 4.69) is 5.32 Å². The number of esters is 1. The zero-order chi connectivity index (χ0) is 25.7. The SMILES string of the molecule is COc1ccc2oc(-c3ccc(NC(=O)/C=C/c4ccc(OC(C)=O)c(OC)c4)cc3)cc(=O)c2c1. The summed E-state index contributed by atoms with van der Waals surface area (Å²) in [4.78, 5) is 36.1. The maximum absolute atomic E-state index is 12.5. The lowest BCUT2D eigenvalue weighted by molar-refractivity contribution is -0.132. The highest BCUT2D eigenvalue weighted by atomic mass is 16.6. The van der Waals surface area contributed by atoms with Gasteiger partial charge in [0.15, 0.2) is 16.9 Å². The number of anilines is 1. The van der Waals surface area contributed by atoms with Crippen LogP contribution in [0.4, 0.5) is 5.69 Å². The summed E-state index contributed by atoms with van der Waals surface area (Å²) in [7, 11) is 3.00. The number of benzene rings is 3. The molecule has 3 aromatic carbocycles. The van der Waals surface area contributed by atoms with Crippen LogP contribution in [-0.4, -0.2) is 26.1 Å². The van der Waals surface area contributed by atoms with Gasteiger partial charge in [-0.15, -0.1) is 0 Å². The van der Waals surface area contributed by atoms with Gasteiger partial charge in [-0.05, 0) is 66.2 Å². The standard InChI is InChI=1S/C28H23NO7/c1-17(30)35-25-11-4-18(14-27(25)34-3)5-13-28(32)29-20-8-6-19(7-9-20)26-16-23(31)22-15-21(33-2)10-12-24(22)36-26/h4-16H,1-3H3,(H,29,32)/b13-5+. The second-order valence-electron chi connectivity index (χ2n) is 7.74. The van der Waals surface area contributed by atoms with E-state index in [9.17, 15) is 14.4 Å². The Balaban J connectivity index is 1.45. The van der Waals surface area contributed by atoms with Gasteiger partial charge in [-0.1, -0.05) is 6.07 Å². The summed E-state index contributed by atoms with van der Waals surface area (Å²) in [6.07, 6.45) is 2.99. The van der Waals surface area contributed by atoms with Crippen LogP contribution in [0.2, 0.25) is 0 Å². The minimum Gasteiger partial charge on any atom is -0.497 e. The number of hydrogen-bond donors (Lipinski definition) is 1. The van der Waals surface area contributed by atoms with Crippen LogP contribution in [0.1, 0.15) is 12.5 Å². The molecular formula is C28H23NO7. The lowest BCUT2D eigenvalue weighted by atomic mass is 10.1. The van der Waals surface area contributed by atoms with E-state index in [0.29, 0.717) is 50.8 Å². The molecule has 0 spiro atoms. The van der Waals surface area contributed by atoms with Gasteiger partial charge in [0.25, 0.3) is 0 Å². The third-order valence-electron chi connectivity index (χ3n) is 5.24. The summed E-state index contributed by atoms with van der Waals surface area (Å²) in [5, 5.41) is 3.22. The maximum atomic E-state index is 12.5. The van der Waals surface area contributed by atoms with E-state index in [0.717, 1.165) is 0 Å². The molecule has 0 bridgehead atoms. The van der Waals surface area contributed by atoms with Crippen LogP contribution in [0.15, 0.2) is 82.0 Å². The molecule has 0 atom stereocenters. The van der Waals surface area contributed by atoms with Crippen molar-refractivity contribution in [2.75, 3.05) is 19.5 Å². The smallest absolute Gasteiger partial charge is 0.308 e. The molecule has 0 aliphatic rings. The summed E-state index contributed by atoms with van der Waals surface area (Å²) >= 11 is 0. The molecule has 0 saturated carbocycles. The Morgan fingerprint density at radius 3 is 2.36 bits per heavy atom. The fraction of sp³-hybridized carbons (Fsp3) is 0.107. The van der Waals surface area contributed by atoms with Gasteiger partial charge in [0, 0.05) is 30.3 Å². The van der Waals surface area contributed by atoms with Gasteiger partial charge in [-0.25, -0.2) is 0 Å². The highest BCUT2D eigenvalue weighted by Crippen LogP contribution is 2.29. The summed E-state index contributed by atoms with van der Waals surface area (Å²) in [6.45, 7) is 1.30. The summed E-state index contributed by atoms with van der Waals surface area (Å²) in [5.41, 5.74) is 2.24. The Hall–Kier alpha value is -4.85. The molecule has 8 nitrogen and oxygen atoms in total. The van der Waals surface area contributed by atoms with Crippen molar-refractivity contribution in [2.45, 2.75) is 6.92 Å². The number of carbonyl (C=O) groups is 2. The molecule has 1 N–H and O–H groups in total. The van der Waals surface area contributed by atoms with Crippen LogP contribution in [0, 0.1) is 0 Å². The van der Waals surface area contributed by atoms with E-state index in [4.69, 9.17) is 18.6 Å². The van der Waals surface area contributed by atoms with Crippen LogP contribution in [-0.2, 0) is 9.59 Å². The number of fused-ring (bicyclic) bond motifs is 1. The minimum absolute atomic E-state index is 0.176. The fourth-order valence-electron chi connectivity index (χ4n) is 3.51. The lowest BCUT2D eigenvalue weighted by Gasteiger charge is -2.08. The first kappa shape index (κ1) is 24.3. The number of rotatable bonds is 7. The largest absolute Gasteiger partial charge is 0.497 e. The zero-order valence-electron chi connectivity index (χ0n) is 19.9. The van der Waals surface area contributed by atoms with Gasteiger partial charge in [0.2, 0.25) is 5.91 Å². The Labute approximate surface area is 206 Å². The third kappa shape index (κ3) is 5.61. The van der Waals surface area contributed by atoms with Gasteiger partial charge in [0.1, 0.15) is 17.1 Å². The third-order valence-corrected chi connectivity index (χ3v) is 5.24. The quantitative estimate of drug-likeness (QED) is 0.222. The van der Waals surface area contributed by atoms with Crippen molar-refractivity contribution in [3.8, 4) is 28.6 Å². The van der Waals surface area contributed by atoms with Gasteiger partial charge in [0.05, 0.1) is 19.6 Å². The fourth-order valence-corrected chi connectivity index (χ4v) is 3.51. The van der Waals surface area contributed by atoms with Crippen molar-refractivity contribution in [1.29, 1.82) is 0 Å². The Bertz CT molecular complexity index is 1520. The highest BCUT2D eigenvalue weighted by Gasteiger charge is 2.10. The van der Waals surface area contributed by atoms with Crippen molar-refractivity contribution in [2.24, 2.45) is 0 Å². The number of ether oxygens (including phenoxy) is 3. The van der Waals surface area contributed by atoms with Crippen LogP contribution in [0.5, 0.6) is 17.2 Å². The number of nitrogens with one attached hydrogen (secondary N) is 1. The van der Waals surface area contributed by atoms with Crippen LogP contribution < -0.4 is 25.0 Å². The van der Waals surface area contributed by atoms with E-state index in [-0.39, 0.29) is 11.3 Å². The van der Waals surface area contributed by atoms with Gasteiger partial charge >= 0.3 is 5.97 Å². The molecule has 4 rings (SSSR count). The predicted molar refractivity (Wildman–Crippen MR) is 136 cm³/mol. The molecule has 36 heavy (non-hydrogen) atoms. The average molecular weight is 485 g/mol. The second kappa shape index (κ2) is 10.6. The molecule has 0 unspecified atom stereocenters. The molecule has 4 aromatic rings. The summed E-state index contributed by atoms with van der Waals surface area (Å²) in [6, 6.07) is 18.4. The van der Waals surface area contributed by atoms with Crippen molar-refractivity contribution in [1.82, 2.24) is 0 Å². The molecular weight excluding hydrogens is 462 g/mol. The van der Waals surface area contributed by atoms with Crippen molar-refractivity contribution < 1.29 is 28.2 Å². The predicted octanol–water partition coefficient (Wildman–Crippen LogP) is 5.05. The number of carbonyl (C=O) groups excluding carboxylic acids is 2. The first-order valence-electron chi connectivity index (χ1n) is 10.9. The molecule has 1 amide bonds. The topological polar surface area (TPSA) is 104 Å². The van der Waals surface area contributed by atoms with Gasteiger partial charge < -0.3 is 23.9 Å². The van der Waals surface area contributed by atoms with Gasteiger partial charge in [-0.2, -0.15) is 0 Å². The Kier molecular flexibility index (Phi) is 7.15.